The van der Waals surface area contributed by atoms with E-state index in [1.54, 1.807) is 17.0 Å². The number of nitrogens with zero attached hydrogens (tertiary/aromatic N) is 1. The van der Waals surface area contributed by atoms with Gasteiger partial charge in [0.15, 0.2) is 0 Å². The van der Waals surface area contributed by atoms with Crippen molar-refractivity contribution < 1.29 is 17.9 Å². The second kappa shape index (κ2) is 7.80. The third-order valence-corrected chi connectivity index (χ3v) is 7.34. The van der Waals surface area contributed by atoms with E-state index in [4.69, 9.17) is 4.74 Å². The third kappa shape index (κ3) is 3.76. The van der Waals surface area contributed by atoms with Crippen molar-refractivity contribution in [3.63, 3.8) is 0 Å². The van der Waals surface area contributed by atoms with Crippen LogP contribution in [0.2, 0.25) is 0 Å². The Morgan fingerprint density at radius 1 is 1.14 bits per heavy atom. The molecule has 1 atom stereocenters. The van der Waals surface area contributed by atoms with Gasteiger partial charge in [-0.25, -0.2) is 13.1 Å². The molecule has 1 unspecified atom stereocenters. The predicted octanol–water partition coefficient (Wildman–Crippen LogP) is 3.51. The zero-order chi connectivity index (χ0) is 20.6. The lowest BCUT2D eigenvalue weighted by Crippen LogP contribution is -2.36. The van der Waals surface area contributed by atoms with Crippen LogP contribution >= 0.6 is 0 Å². The van der Waals surface area contributed by atoms with Crippen LogP contribution in [0.1, 0.15) is 48.5 Å². The lowest BCUT2D eigenvalue weighted by molar-refractivity contribution is 0.0981. The van der Waals surface area contributed by atoms with Gasteiger partial charge in [-0.15, -0.1) is 0 Å². The average molecular weight is 415 g/mol. The molecule has 1 amide bonds. The molecule has 2 aromatic rings. The van der Waals surface area contributed by atoms with Crippen molar-refractivity contribution in [2.75, 3.05) is 12.0 Å². The molecule has 1 N–H and O–H groups in total. The second-order valence-corrected chi connectivity index (χ2v) is 9.51. The third-order valence-electron chi connectivity index (χ3n) is 5.80. The number of hydrogen-bond donors (Lipinski definition) is 1. The molecule has 6 nitrogen and oxygen atoms in total. The molecule has 1 aliphatic carbocycles. The Morgan fingerprint density at radius 2 is 1.86 bits per heavy atom. The van der Waals surface area contributed by atoms with Crippen LogP contribution in [-0.4, -0.2) is 33.5 Å². The van der Waals surface area contributed by atoms with E-state index in [0.29, 0.717) is 5.56 Å². The standard InChI is InChI=1S/C22H26N2O4S/c1-15-13-16-7-3-6-10-19(16)24(15)22(25)17-11-12-20(28-2)21(14-17)29(26,27)23-18-8-4-5-9-18/h3,6-7,10-12,14-15,18,23H,4-5,8-9,13H2,1-2H3. The van der Waals surface area contributed by atoms with E-state index in [1.807, 2.05) is 31.2 Å². The van der Waals surface area contributed by atoms with Crippen molar-refractivity contribution in [2.45, 2.75) is 56.0 Å². The van der Waals surface area contributed by atoms with Gasteiger partial charge in [0.25, 0.3) is 5.91 Å². The number of carbonyl (C=O) groups is 1. The molecule has 1 fully saturated rings. The van der Waals surface area contributed by atoms with Crippen LogP contribution in [-0.2, 0) is 16.4 Å². The molecule has 0 aromatic heterocycles. The van der Waals surface area contributed by atoms with Crippen LogP contribution in [0.15, 0.2) is 47.4 Å². The Hall–Kier alpha value is -2.38. The van der Waals surface area contributed by atoms with Crippen molar-refractivity contribution in [3.05, 3.63) is 53.6 Å². The van der Waals surface area contributed by atoms with Gasteiger partial charge in [0.05, 0.1) is 7.11 Å². The molecule has 154 valence electrons. The number of fused-ring (bicyclic) bond motifs is 1. The SMILES string of the molecule is COc1ccc(C(=O)N2c3ccccc3CC2C)cc1S(=O)(=O)NC1CCCC1. The summed E-state index contributed by atoms with van der Waals surface area (Å²) in [4.78, 5) is 15.1. The second-order valence-electron chi connectivity index (χ2n) is 7.83. The zero-order valence-electron chi connectivity index (χ0n) is 16.7. The number of anilines is 1. The Morgan fingerprint density at radius 3 is 2.59 bits per heavy atom. The molecule has 2 aromatic carbocycles. The van der Waals surface area contributed by atoms with E-state index in [1.165, 1.54) is 13.2 Å². The van der Waals surface area contributed by atoms with Crippen LogP contribution in [0.3, 0.4) is 0 Å². The summed E-state index contributed by atoms with van der Waals surface area (Å²) in [6.07, 6.45) is 4.50. The fourth-order valence-corrected chi connectivity index (χ4v) is 5.86. The maximum absolute atomic E-state index is 13.3. The molecule has 0 spiro atoms. The summed E-state index contributed by atoms with van der Waals surface area (Å²) in [7, 11) is -2.35. The number of hydrogen-bond acceptors (Lipinski definition) is 4. The fourth-order valence-electron chi connectivity index (χ4n) is 4.36. The van der Waals surface area contributed by atoms with E-state index in [9.17, 15) is 13.2 Å². The molecular weight excluding hydrogens is 388 g/mol. The van der Waals surface area contributed by atoms with Gasteiger partial charge < -0.3 is 9.64 Å². The van der Waals surface area contributed by atoms with Crippen molar-refractivity contribution >= 4 is 21.6 Å². The van der Waals surface area contributed by atoms with E-state index < -0.39 is 10.0 Å². The van der Waals surface area contributed by atoms with Gasteiger partial charge in [-0.05, 0) is 56.0 Å². The first-order valence-corrected chi connectivity index (χ1v) is 11.5. The molecule has 2 aliphatic rings. The number of ether oxygens (including phenoxy) is 1. The number of rotatable bonds is 5. The number of benzene rings is 2. The van der Waals surface area contributed by atoms with E-state index in [-0.39, 0.29) is 28.6 Å². The van der Waals surface area contributed by atoms with E-state index in [2.05, 4.69) is 4.72 Å². The van der Waals surface area contributed by atoms with Gasteiger partial charge in [-0.2, -0.15) is 0 Å². The van der Waals surface area contributed by atoms with Crippen molar-refractivity contribution in [1.82, 2.24) is 4.72 Å². The summed E-state index contributed by atoms with van der Waals surface area (Å²) in [6.45, 7) is 2.00. The summed E-state index contributed by atoms with van der Waals surface area (Å²) < 4.78 is 34.1. The normalized spacial score (nSPS) is 19.4. The average Bonchev–Trinajstić information content (AvgIpc) is 3.33. The van der Waals surface area contributed by atoms with Crippen molar-refractivity contribution in [3.8, 4) is 5.75 Å². The quantitative estimate of drug-likeness (QED) is 0.812. The summed E-state index contributed by atoms with van der Waals surface area (Å²) in [5, 5.41) is 0. The topological polar surface area (TPSA) is 75.7 Å². The number of para-hydroxylation sites is 1. The largest absolute Gasteiger partial charge is 0.495 e. The molecule has 4 rings (SSSR count). The Labute approximate surface area is 171 Å². The molecule has 1 aliphatic heterocycles. The lowest BCUT2D eigenvalue weighted by atomic mass is 10.1. The Balaban J connectivity index is 1.69. The molecule has 1 heterocycles. The maximum Gasteiger partial charge on any atom is 0.258 e. The Kier molecular flexibility index (Phi) is 5.36. The summed E-state index contributed by atoms with van der Waals surface area (Å²) >= 11 is 0. The van der Waals surface area contributed by atoms with E-state index in [0.717, 1.165) is 43.4 Å². The zero-order valence-corrected chi connectivity index (χ0v) is 17.5. The van der Waals surface area contributed by atoms with Crippen LogP contribution < -0.4 is 14.4 Å². The number of carbonyl (C=O) groups excluding carboxylic acids is 1. The minimum Gasteiger partial charge on any atom is -0.495 e. The highest BCUT2D eigenvalue weighted by Gasteiger charge is 2.33. The first-order valence-electron chi connectivity index (χ1n) is 10.0. The molecule has 1 saturated carbocycles. The fraction of sp³-hybridized carbons (Fsp3) is 0.409. The number of sulfonamides is 1. The van der Waals surface area contributed by atoms with Gasteiger partial charge in [0.2, 0.25) is 10.0 Å². The number of nitrogens with one attached hydrogen (secondary N) is 1. The predicted molar refractivity (Wildman–Crippen MR) is 112 cm³/mol. The number of amides is 1. The molecule has 0 saturated heterocycles. The molecule has 0 bridgehead atoms. The highest BCUT2D eigenvalue weighted by molar-refractivity contribution is 7.89. The van der Waals surface area contributed by atoms with Crippen LogP contribution in [0, 0.1) is 0 Å². The van der Waals surface area contributed by atoms with Gasteiger partial charge in [-0.1, -0.05) is 31.0 Å². The number of methoxy groups -OCH3 is 1. The highest BCUT2D eigenvalue weighted by Crippen LogP contribution is 2.34. The minimum absolute atomic E-state index is 0.0119. The molecule has 0 radical (unpaired) electrons. The molecule has 7 heteroatoms. The van der Waals surface area contributed by atoms with Crippen LogP contribution in [0.5, 0.6) is 5.75 Å². The maximum atomic E-state index is 13.3. The van der Waals surface area contributed by atoms with Gasteiger partial charge in [-0.3, -0.25) is 4.79 Å². The van der Waals surface area contributed by atoms with Crippen LogP contribution in [0.25, 0.3) is 0 Å². The first-order chi connectivity index (χ1) is 13.9. The monoisotopic (exact) mass is 414 g/mol. The lowest BCUT2D eigenvalue weighted by Gasteiger charge is -2.23. The van der Waals surface area contributed by atoms with Gasteiger partial charge in [0, 0.05) is 23.3 Å². The summed E-state index contributed by atoms with van der Waals surface area (Å²) in [6, 6.07) is 12.4. The van der Waals surface area contributed by atoms with E-state index >= 15 is 0 Å². The summed E-state index contributed by atoms with van der Waals surface area (Å²) in [5.74, 6) is 0.0318. The first kappa shape index (κ1) is 19.9. The smallest absolute Gasteiger partial charge is 0.258 e. The summed E-state index contributed by atoms with van der Waals surface area (Å²) in [5.41, 5.74) is 2.34. The van der Waals surface area contributed by atoms with Gasteiger partial charge >= 0.3 is 0 Å². The molecular formula is C22H26N2O4S. The van der Waals surface area contributed by atoms with Gasteiger partial charge in [0.1, 0.15) is 10.6 Å². The Bertz CT molecular complexity index is 1030. The molecule has 29 heavy (non-hydrogen) atoms. The minimum atomic E-state index is -3.79. The highest BCUT2D eigenvalue weighted by atomic mass is 32.2. The van der Waals surface area contributed by atoms with Crippen molar-refractivity contribution in [2.24, 2.45) is 0 Å². The van der Waals surface area contributed by atoms with Crippen molar-refractivity contribution in [1.29, 1.82) is 0 Å². The van der Waals surface area contributed by atoms with Crippen LogP contribution in [0.4, 0.5) is 5.69 Å².